The molecule has 0 saturated carbocycles. The number of ether oxygens (including phenoxy) is 2. The summed E-state index contributed by atoms with van der Waals surface area (Å²) in [6.07, 6.45) is 2.77. The van der Waals surface area contributed by atoms with Gasteiger partial charge in [0.2, 0.25) is 0 Å². The van der Waals surface area contributed by atoms with Crippen LogP contribution in [-0.2, 0) is 19.1 Å². The van der Waals surface area contributed by atoms with E-state index in [9.17, 15) is 19.2 Å². The summed E-state index contributed by atoms with van der Waals surface area (Å²) < 4.78 is 15.8. The van der Waals surface area contributed by atoms with Gasteiger partial charge in [-0.25, -0.2) is 14.6 Å². The summed E-state index contributed by atoms with van der Waals surface area (Å²) in [4.78, 5) is 49.5. The highest BCUT2D eigenvalue weighted by molar-refractivity contribution is 6.33. The molecular formula is C27H21ClN2O7. The molecule has 1 fully saturated rings. The van der Waals surface area contributed by atoms with Crippen LogP contribution in [0, 0.1) is 0 Å². The number of halogens is 1. The maximum absolute atomic E-state index is 12.9. The average molecular weight is 521 g/mol. The molecule has 2 aromatic carbocycles. The number of rotatable bonds is 8. The maximum atomic E-state index is 12.9. The number of hydrogen-bond acceptors (Lipinski definition) is 7. The normalized spacial score (nSPS) is 14.0. The van der Waals surface area contributed by atoms with Crippen molar-refractivity contribution in [3.63, 3.8) is 0 Å². The van der Waals surface area contributed by atoms with E-state index in [0.717, 1.165) is 5.01 Å². The molecule has 0 radical (unpaired) electrons. The fraction of sp³-hybridized carbons (Fsp3) is 0.111. The van der Waals surface area contributed by atoms with E-state index in [4.69, 9.17) is 25.5 Å². The van der Waals surface area contributed by atoms with Gasteiger partial charge in [0.05, 0.1) is 28.4 Å². The molecule has 2 heterocycles. The Hall–Kier alpha value is -4.63. The highest BCUT2D eigenvalue weighted by Gasteiger charge is 2.35. The molecule has 0 atom stereocenters. The van der Waals surface area contributed by atoms with Gasteiger partial charge in [-0.1, -0.05) is 24.3 Å². The van der Waals surface area contributed by atoms with Crippen LogP contribution >= 0.6 is 11.6 Å². The van der Waals surface area contributed by atoms with Crippen molar-refractivity contribution in [2.24, 2.45) is 0 Å². The third-order valence-corrected chi connectivity index (χ3v) is 5.57. The van der Waals surface area contributed by atoms with Crippen molar-refractivity contribution in [3.8, 4) is 11.3 Å². The quantitative estimate of drug-likeness (QED) is 0.200. The molecule has 10 heteroatoms. The van der Waals surface area contributed by atoms with E-state index < -0.39 is 23.8 Å². The van der Waals surface area contributed by atoms with Gasteiger partial charge in [-0.3, -0.25) is 15.0 Å². The van der Waals surface area contributed by atoms with Crippen LogP contribution in [0.1, 0.15) is 33.4 Å². The van der Waals surface area contributed by atoms with Gasteiger partial charge >= 0.3 is 11.9 Å². The Bertz CT molecular complexity index is 1420. The Morgan fingerprint density at radius 3 is 2.51 bits per heavy atom. The van der Waals surface area contributed by atoms with Crippen molar-refractivity contribution in [1.29, 1.82) is 0 Å². The van der Waals surface area contributed by atoms with Gasteiger partial charge in [0.15, 0.2) is 0 Å². The van der Waals surface area contributed by atoms with Gasteiger partial charge in [-0.15, -0.1) is 0 Å². The van der Waals surface area contributed by atoms with Crippen LogP contribution in [0.25, 0.3) is 17.4 Å². The minimum atomic E-state index is -0.615. The Balaban J connectivity index is 1.54. The third kappa shape index (κ3) is 5.46. The molecule has 9 nitrogen and oxygen atoms in total. The zero-order chi connectivity index (χ0) is 26.5. The van der Waals surface area contributed by atoms with Crippen molar-refractivity contribution in [1.82, 2.24) is 5.43 Å². The molecule has 1 aliphatic heterocycles. The number of hydrogen-bond donors (Lipinski definition) is 1. The van der Waals surface area contributed by atoms with Crippen molar-refractivity contribution >= 4 is 47.1 Å². The number of anilines is 1. The summed E-state index contributed by atoms with van der Waals surface area (Å²) in [5, 5.41) is 1.29. The molecule has 4 rings (SSSR count). The Morgan fingerprint density at radius 2 is 1.81 bits per heavy atom. The van der Waals surface area contributed by atoms with Crippen LogP contribution in [0.4, 0.5) is 5.69 Å². The highest BCUT2D eigenvalue weighted by Crippen LogP contribution is 2.29. The van der Waals surface area contributed by atoms with Crippen molar-refractivity contribution < 1.29 is 33.1 Å². The van der Waals surface area contributed by atoms with Crippen LogP contribution in [0.5, 0.6) is 0 Å². The number of benzene rings is 2. The highest BCUT2D eigenvalue weighted by atomic mass is 35.5. The summed E-state index contributed by atoms with van der Waals surface area (Å²) in [6.45, 7) is 5.49. The standard InChI is InChI=1S/C27H21ClN2O7/c1-3-13-36-27(34)20-14-17(7-11-22(20)28)23-12-10-19(37-23)15-21-24(31)29-30(25(21)32)18-8-5-16(6-9-18)26(33)35-4-2/h3,5-12,14-15H,1,4,13H2,2H3,(H,29,31)/b21-15-. The largest absolute Gasteiger partial charge is 0.462 e. The van der Waals surface area contributed by atoms with Gasteiger partial charge < -0.3 is 13.9 Å². The van der Waals surface area contributed by atoms with E-state index in [-0.39, 0.29) is 35.1 Å². The third-order valence-electron chi connectivity index (χ3n) is 5.24. The maximum Gasteiger partial charge on any atom is 0.339 e. The van der Waals surface area contributed by atoms with Crippen molar-refractivity contribution in [3.05, 3.63) is 94.7 Å². The first kappa shape index (κ1) is 25.5. The van der Waals surface area contributed by atoms with E-state index in [1.54, 1.807) is 31.2 Å². The van der Waals surface area contributed by atoms with E-state index in [1.165, 1.54) is 42.5 Å². The number of carbonyl (C=O) groups excluding carboxylic acids is 4. The van der Waals surface area contributed by atoms with Gasteiger partial charge in [0, 0.05) is 5.56 Å². The molecule has 0 spiro atoms. The van der Waals surface area contributed by atoms with Gasteiger partial charge in [-0.2, -0.15) is 0 Å². The lowest BCUT2D eigenvalue weighted by atomic mass is 10.1. The topological polar surface area (TPSA) is 115 Å². The van der Waals surface area contributed by atoms with Gasteiger partial charge in [0.25, 0.3) is 11.8 Å². The van der Waals surface area contributed by atoms with Crippen LogP contribution in [0.15, 0.2) is 77.2 Å². The minimum absolute atomic E-state index is 0.0422. The van der Waals surface area contributed by atoms with E-state index in [2.05, 4.69) is 12.0 Å². The van der Waals surface area contributed by atoms with Crippen molar-refractivity contribution in [2.45, 2.75) is 6.92 Å². The molecule has 1 aromatic heterocycles. The molecule has 37 heavy (non-hydrogen) atoms. The number of esters is 2. The average Bonchev–Trinajstić information content (AvgIpc) is 3.48. The van der Waals surface area contributed by atoms with Gasteiger partial charge in [-0.05, 0) is 67.6 Å². The fourth-order valence-electron chi connectivity index (χ4n) is 3.48. The van der Waals surface area contributed by atoms with Crippen LogP contribution in [0.2, 0.25) is 5.02 Å². The van der Waals surface area contributed by atoms with E-state index in [0.29, 0.717) is 22.6 Å². The summed E-state index contributed by atoms with van der Waals surface area (Å²) in [5.74, 6) is -1.66. The monoisotopic (exact) mass is 520 g/mol. The van der Waals surface area contributed by atoms with E-state index in [1.807, 2.05) is 0 Å². The Kier molecular flexibility index (Phi) is 7.55. The summed E-state index contributed by atoms with van der Waals surface area (Å²) in [6, 6.07) is 14.0. The summed E-state index contributed by atoms with van der Waals surface area (Å²) >= 11 is 6.13. The molecule has 1 N–H and O–H groups in total. The number of nitrogens with zero attached hydrogens (tertiary/aromatic N) is 1. The second-order valence-corrected chi connectivity index (χ2v) is 8.10. The van der Waals surface area contributed by atoms with Gasteiger partial charge in [0.1, 0.15) is 23.7 Å². The zero-order valence-corrected chi connectivity index (χ0v) is 20.4. The lowest BCUT2D eigenvalue weighted by molar-refractivity contribution is -0.117. The Morgan fingerprint density at radius 1 is 1.05 bits per heavy atom. The lowest BCUT2D eigenvalue weighted by Gasteiger charge is -2.14. The second kappa shape index (κ2) is 11.0. The van der Waals surface area contributed by atoms with Crippen LogP contribution in [0.3, 0.4) is 0 Å². The summed E-state index contributed by atoms with van der Waals surface area (Å²) in [5.41, 5.74) is 3.75. The second-order valence-electron chi connectivity index (χ2n) is 7.69. The molecule has 1 saturated heterocycles. The number of nitrogens with one attached hydrogen (secondary N) is 1. The first-order chi connectivity index (χ1) is 17.8. The smallest absolute Gasteiger partial charge is 0.339 e. The first-order valence-corrected chi connectivity index (χ1v) is 11.5. The molecule has 0 aliphatic carbocycles. The predicted octanol–water partition coefficient (Wildman–Crippen LogP) is 4.58. The van der Waals surface area contributed by atoms with Crippen molar-refractivity contribution in [2.75, 3.05) is 18.2 Å². The van der Waals surface area contributed by atoms with Crippen LogP contribution < -0.4 is 10.4 Å². The SMILES string of the molecule is C=CCOC(=O)c1cc(-c2ccc(/C=C3/C(=O)NN(c4ccc(C(=O)OCC)cc4)C3=O)o2)ccc1Cl. The predicted molar refractivity (Wildman–Crippen MR) is 136 cm³/mol. The molecule has 188 valence electrons. The number of carbonyl (C=O) groups is 4. The minimum Gasteiger partial charge on any atom is -0.462 e. The number of hydrazine groups is 1. The molecular weight excluding hydrogens is 500 g/mol. The fourth-order valence-corrected chi connectivity index (χ4v) is 3.67. The molecule has 1 aliphatic rings. The number of furan rings is 1. The zero-order valence-electron chi connectivity index (χ0n) is 19.7. The van der Waals surface area contributed by atoms with E-state index >= 15 is 0 Å². The first-order valence-electron chi connectivity index (χ1n) is 11.1. The number of amides is 2. The Labute approximate surface area is 216 Å². The van der Waals surface area contributed by atoms with Crippen LogP contribution in [-0.4, -0.2) is 37.0 Å². The molecule has 0 bridgehead atoms. The lowest BCUT2D eigenvalue weighted by Crippen LogP contribution is -2.35. The molecule has 3 aromatic rings. The molecule has 0 unspecified atom stereocenters. The summed E-state index contributed by atoms with van der Waals surface area (Å²) in [7, 11) is 0. The molecule has 2 amide bonds.